The molecule has 5 rings (SSSR count). The molecular formula is C21H21N5O2. The highest BCUT2D eigenvalue weighted by Crippen LogP contribution is 2.28. The van der Waals surface area contributed by atoms with Gasteiger partial charge >= 0.3 is 0 Å². The van der Waals surface area contributed by atoms with E-state index >= 15 is 0 Å². The minimum atomic E-state index is -0.111. The average Bonchev–Trinajstić information content (AvgIpc) is 3.41. The summed E-state index contributed by atoms with van der Waals surface area (Å²) in [5.74, 6) is -0.111. The van der Waals surface area contributed by atoms with Gasteiger partial charge in [-0.3, -0.25) is 9.20 Å². The first-order chi connectivity index (χ1) is 13.7. The predicted octanol–water partition coefficient (Wildman–Crippen LogP) is 3.18. The second-order valence-corrected chi connectivity index (χ2v) is 7.14. The van der Waals surface area contributed by atoms with Crippen LogP contribution in [0.15, 0.2) is 53.1 Å². The molecule has 0 saturated carbocycles. The number of fused-ring (bicyclic) bond motifs is 2. The van der Waals surface area contributed by atoms with Crippen LogP contribution >= 0.6 is 0 Å². The van der Waals surface area contributed by atoms with Crippen molar-refractivity contribution < 1.29 is 9.21 Å². The minimum absolute atomic E-state index is 0.111. The largest absolute Gasteiger partial charge is 0.423 e. The summed E-state index contributed by atoms with van der Waals surface area (Å²) in [5.41, 5.74) is 3.73. The molecule has 0 bridgehead atoms. The van der Waals surface area contributed by atoms with Crippen molar-refractivity contribution >= 4 is 28.7 Å². The Morgan fingerprint density at radius 2 is 2.07 bits per heavy atom. The second-order valence-electron chi connectivity index (χ2n) is 7.14. The van der Waals surface area contributed by atoms with Gasteiger partial charge in [-0.05, 0) is 44.0 Å². The molecule has 3 aromatic heterocycles. The Labute approximate surface area is 162 Å². The molecule has 7 nitrogen and oxygen atoms in total. The van der Waals surface area contributed by atoms with Crippen molar-refractivity contribution in [2.45, 2.75) is 25.8 Å². The van der Waals surface area contributed by atoms with E-state index in [1.54, 1.807) is 0 Å². The lowest BCUT2D eigenvalue weighted by molar-refractivity contribution is 0.0944. The molecule has 1 amide bonds. The fourth-order valence-corrected chi connectivity index (χ4v) is 3.96. The van der Waals surface area contributed by atoms with E-state index < -0.39 is 0 Å². The molecule has 1 saturated heterocycles. The fourth-order valence-electron chi connectivity index (χ4n) is 3.96. The summed E-state index contributed by atoms with van der Waals surface area (Å²) in [6, 6.07) is 14.3. The number of aromatic nitrogens is 3. The minimum Gasteiger partial charge on any atom is -0.423 e. The first-order valence-corrected chi connectivity index (χ1v) is 9.55. The zero-order valence-corrected chi connectivity index (χ0v) is 15.6. The van der Waals surface area contributed by atoms with Crippen molar-refractivity contribution in [3.05, 3.63) is 60.0 Å². The molecule has 1 fully saturated rings. The van der Waals surface area contributed by atoms with Crippen LogP contribution in [0.2, 0.25) is 0 Å². The number of imidazole rings is 1. The molecule has 1 atom stereocenters. The first-order valence-electron chi connectivity index (χ1n) is 9.55. The monoisotopic (exact) mass is 375 g/mol. The molecule has 1 N–H and O–H groups in total. The van der Waals surface area contributed by atoms with Crippen molar-refractivity contribution in [3.63, 3.8) is 0 Å². The number of hydrogen-bond donors (Lipinski definition) is 1. The van der Waals surface area contributed by atoms with E-state index in [2.05, 4.69) is 20.2 Å². The Kier molecular flexibility index (Phi) is 4.00. The summed E-state index contributed by atoms with van der Waals surface area (Å²) in [4.78, 5) is 24.1. The molecule has 7 heteroatoms. The summed E-state index contributed by atoms with van der Waals surface area (Å²) in [6.07, 6.45) is 3.91. The Balaban J connectivity index is 1.34. The van der Waals surface area contributed by atoms with Crippen LogP contribution in [0.1, 0.15) is 29.0 Å². The number of nitrogens with one attached hydrogen (secondary N) is 1. The predicted molar refractivity (Wildman–Crippen MR) is 107 cm³/mol. The van der Waals surface area contributed by atoms with Gasteiger partial charge in [-0.1, -0.05) is 18.2 Å². The van der Waals surface area contributed by atoms with Crippen LogP contribution < -0.4 is 10.2 Å². The normalized spacial score (nSPS) is 16.9. The number of hydrogen-bond acceptors (Lipinski definition) is 5. The van der Waals surface area contributed by atoms with E-state index in [1.807, 2.05) is 60.0 Å². The number of amides is 1. The fraction of sp³-hybridized carbons (Fsp3) is 0.286. The van der Waals surface area contributed by atoms with E-state index in [0.717, 1.165) is 41.8 Å². The maximum atomic E-state index is 12.9. The van der Waals surface area contributed by atoms with E-state index in [0.29, 0.717) is 18.3 Å². The lowest BCUT2D eigenvalue weighted by Crippen LogP contribution is -2.40. The smallest absolute Gasteiger partial charge is 0.298 e. The van der Waals surface area contributed by atoms with Crippen LogP contribution in [0.3, 0.4) is 0 Å². The molecule has 0 unspecified atom stereocenters. The van der Waals surface area contributed by atoms with Crippen molar-refractivity contribution in [3.8, 4) is 0 Å². The SMILES string of the molecule is Cc1nc2ccccn2c1C(=O)NC[C@H]1CCCN1c1nc2ccccc2o1. The molecule has 142 valence electrons. The van der Waals surface area contributed by atoms with Crippen molar-refractivity contribution in [1.82, 2.24) is 19.7 Å². The van der Waals surface area contributed by atoms with Gasteiger partial charge in [0.25, 0.3) is 11.9 Å². The molecule has 1 aliphatic rings. The van der Waals surface area contributed by atoms with Crippen LogP contribution in [0, 0.1) is 6.92 Å². The molecule has 1 aromatic carbocycles. The summed E-state index contributed by atoms with van der Waals surface area (Å²) >= 11 is 0. The van der Waals surface area contributed by atoms with Crippen molar-refractivity contribution in [2.24, 2.45) is 0 Å². The van der Waals surface area contributed by atoms with Crippen LogP contribution in [0.5, 0.6) is 0 Å². The van der Waals surface area contributed by atoms with Gasteiger partial charge in [0.15, 0.2) is 5.58 Å². The van der Waals surface area contributed by atoms with Gasteiger partial charge in [0.05, 0.1) is 11.7 Å². The Hall–Kier alpha value is -3.35. The summed E-state index contributed by atoms with van der Waals surface area (Å²) in [7, 11) is 0. The van der Waals surface area contributed by atoms with E-state index in [1.165, 1.54) is 0 Å². The van der Waals surface area contributed by atoms with Gasteiger partial charge < -0.3 is 14.6 Å². The van der Waals surface area contributed by atoms with Gasteiger partial charge in [-0.2, -0.15) is 4.98 Å². The molecule has 1 aliphatic heterocycles. The molecule has 0 spiro atoms. The number of para-hydroxylation sites is 2. The standard InChI is InChI=1S/C21H21N5O2/c1-14-19(26-11-5-4-10-18(26)23-14)20(27)22-13-15-7-6-12-25(15)21-24-16-8-2-3-9-17(16)28-21/h2-5,8-11,15H,6-7,12-13H2,1H3,(H,22,27)/t15-/m1/s1. The van der Waals surface area contributed by atoms with Gasteiger partial charge in [0.1, 0.15) is 16.9 Å². The quantitative estimate of drug-likeness (QED) is 0.593. The zero-order chi connectivity index (χ0) is 19.1. The van der Waals surface area contributed by atoms with Gasteiger partial charge in [0, 0.05) is 19.3 Å². The van der Waals surface area contributed by atoms with Gasteiger partial charge in [-0.25, -0.2) is 4.98 Å². The molecule has 4 heterocycles. The van der Waals surface area contributed by atoms with Crippen molar-refractivity contribution in [2.75, 3.05) is 18.0 Å². The maximum Gasteiger partial charge on any atom is 0.298 e. The summed E-state index contributed by atoms with van der Waals surface area (Å²) in [5, 5.41) is 3.08. The highest BCUT2D eigenvalue weighted by atomic mass is 16.4. The van der Waals surface area contributed by atoms with Crippen LogP contribution in [-0.4, -0.2) is 39.4 Å². The number of oxazole rings is 1. The lowest BCUT2D eigenvalue weighted by Gasteiger charge is -2.23. The second kappa shape index (κ2) is 6.67. The number of nitrogens with zero attached hydrogens (tertiary/aromatic N) is 4. The third-order valence-electron chi connectivity index (χ3n) is 5.32. The third kappa shape index (κ3) is 2.79. The number of benzene rings is 1. The van der Waals surface area contributed by atoms with E-state index in [-0.39, 0.29) is 11.9 Å². The highest BCUT2D eigenvalue weighted by molar-refractivity contribution is 5.94. The van der Waals surface area contributed by atoms with Gasteiger partial charge in [-0.15, -0.1) is 0 Å². The molecule has 0 radical (unpaired) electrons. The molecule has 28 heavy (non-hydrogen) atoms. The molecule has 4 aromatic rings. The Morgan fingerprint density at radius 3 is 2.96 bits per heavy atom. The molecule has 0 aliphatic carbocycles. The van der Waals surface area contributed by atoms with E-state index in [4.69, 9.17) is 4.42 Å². The number of pyridine rings is 1. The summed E-state index contributed by atoms with van der Waals surface area (Å²) < 4.78 is 7.76. The third-order valence-corrected chi connectivity index (χ3v) is 5.32. The topological polar surface area (TPSA) is 75.7 Å². The number of anilines is 1. The van der Waals surface area contributed by atoms with E-state index in [9.17, 15) is 4.79 Å². The van der Waals surface area contributed by atoms with Gasteiger partial charge in [0.2, 0.25) is 0 Å². The lowest BCUT2D eigenvalue weighted by atomic mass is 10.2. The first kappa shape index (κ1) is 16.8. The Morgan fingerprint density at radius 1 is 1.21 bits per heavy atom. The van der Waals surface area contributed by atoms with Crippen LogP contribution in [0.25, 0.3) is 16.7 Å². The number of carbonyl (C=O) groups excluding carboxylic acids is 1. The van der Waals surface area contributed by atoms with Crippen LogP contribution in [0.4, 0.5) is 6.01 Å². The zero-order valence-electron chi connectivity index (χ0n) is 15.6. The Bertz CT molecular complexity index is 1130. The summed E-state index contributed by atoms with van der Waals surface area (Å²) in [6.45, 7) is 3.28. The average molecular weight is 375 g/mol. The van der Waals surface area contributed by atoms with Crippen LogP contribution in [-0.2, 0) is 0 Å². The maximum absolute atomic E-state index is 12.9. The number of carbonyl (C=O) groups is 1. The molecular weight excluding hydrogens is 354 g/mol. The van der Waals surface area contributed by atoms with Crippen molar-refractivity contribution in [1.29, 1.82) is 0 Å². The number of rotatable bonds is 4. The highest BCUT2D eigenvalue weighted by Gasteiger charge is 2.29. The number of aryl methyl sites for hydroxylation is 1.